The van der Waals surface area contributed by atoms with Gasteiger partial charge in [-0.3, -0.25) is 0 Å². The Morgan fingerprint density at radius 3 is 2.90 bits per heavy atom. The first kappa shape index (κ1) is 13.4. The van der Waals surface area contributed by atoms with Gasteiger partial charge >= 0.3 is 0 Å². The summed E-state index contributed by atoms with van der Waals surface area (Å²) in [5.41, 5.74) is 7.92. The van der Waals surface area contributed by atoms with Gasteiger partial charge in [0.2, 0.25) is 5.88 Å². The van der Waals surface area contributed by atoms with Crippen molar-refractivity contribution in [2.24, 2.45) is 17.6 Å². The number of pyridine rings is 1. The van der Waals surface area contributed by atoms with Gasteiger partial charge < -0.3 is 10.5 Å². The lowest BCUT2D eigenvalue weighted by atomic mass is 9.97. The number of para-hydroxylation sites is 1. The Kier molecular flexibility index (Phi) is 3.88. The van der Waals surface area contributed by atoms with Crippen LogP contribution < -0.4 is 10.5 Å². The minimum atomic E-state index is 0.590. The van der Waals surface area contributed by atoms with Gasteiger partial charge in [-0.2, -0.15) is 0 Å². The van der Waals surface area contributed by atoms with E-state index in [1.54, 1.807) is 0 Å². The molecule has 3 heteroatoms. The molecule has 0 spiro atoms. The zero-order valence-electron chi connectivity index (χ0n) is 12.0. The Balaban J connectivity index is 1.75. The number of nitrogens with zero attached hydrogens (tertiary/aromatic N) is 1. The summed E-state index contributed by atoms with van der Waals surface area (Å²) < 4.78 is 5.99. The number of ether oxygens (including phenoxy) is 1. The van der Waals surface area contributed by atoms with E-state index in [-0.39, 0.29) is 0 Å². The average molecular weight is 270 g/mol. The highest BCUT2D eigenvalue weighted by molar-refractivity contribution is 5.79. The van der Waals surface area contributed by atoms with Gasteiger partial charge in [0, 0.05) is 10.9 Å². The zero-order chi connectivity index (χ0) is 13.9. The Morgan fingerprint density at radius 1 is 1.25 bits per heavy atom. The summed E-state index contributed by atoms with van der Waals surface area (Å²) in [7, 11) is 0. The molecule has 2 aromatic rings. The Morgan fingerprint density at radius 2 is 2.05 bits per heavy atom. The molecule has 3 rings (SSSR count). The van der Waals surface area contributed by atoms with Crippen molar-refractivity contribution in [2.45, 2.75) is 26.2 Å². The maximum absolute atomic E-state index is 5.99. The van der Waals surface area contributed by atoms with Crippen LogP contribution in [0.2, 0.25) is 0 Å². The van der Waals surface area contributed by atoms with Crippen molar-refractivity contribution < 1.29 is 4.74 Å². The van der Waals surface area contributed by atoms with Gasteiger partial charge in [0.1, 0.15) is 0 Å². The fourth-order valence-electron chi connectivity index (χ4n) is 3.18. The molecule has 1 aromatic carbocycles. The van der Waals surface area contributed by atoms with Crippen LogP contribution in [-0.2, 0) is 0 Å². The van der Waals surface area contributed by atoms with E-state index in [1.165, 1.54) is 19.3 Å². The molecule has 2 atom stereocenters. The van der Waals surface area contributed by atoms with Gasteiger partial charge in [0.25, 0.3) is 0 Å². The molecular formula is C17H22N2O. The minimum Gasteiger partial charge on any atom is -0.477 e. The van der Waals surface area contributed by atoms with Gasteiger partial charge in [0.05, 0.1) is 12.1 Å². The van der Waals surface area contributed by atoms with Crippen LogP contribution in [0, 0.1) is 18.8 Å². The van der Waals surface area contributed by atoms with E-state index in [4.69, 9.17) is 10.5 Å². The maximum atomic E-state index is 5.99. The highest BCUT2D eigenvalue weighted by atomic mass is 16.5. The lowest BCUT2D eigenvalue weighted by Gasteiger charge is -2.18. The Labute approximate surface area is 120 Å². The van der Waals surface area contributed by atoms with E-state index >= 15 is 0 Å². The van der Waals surface area contributed by atoms with Crippen molar-refractivity contribution in [3.05, 3.63) is 35.9 Å². The molecule has 1 saturated carbocycles. The standard InChI is InChI=1S/C17H22N2O/c1-12-9-13-5-2-3-8-16(13)19-17(12)20-11-15-7-4-6-14(15)10-18/h2-3,5,8-9,14-15H,4,6-7,10-11,18H2,1H3. The lowest BCUT2D eigenvalue weighted by Crippen LogP contribution is -2.23. The number of hydrogen-bond donors (Lipinski definition) is 1. The summed E-state index contributed by atoms with van der Waals surface area (Å²) >= 11 is 0. The van der Waals surface area contributed by atoms with Gasteiger partial charge in [-0.05, 0) is 50.3 Å². The van der Waals surface area contributed by atoms with Crippen molar-refractivity contribution in [1.29, 1.82) is 0 Å². The molecular weight excluding hydrogens is 248 g/mol. The molecule has 1 aliphatic rings. The summed E-state index contributed by atoms with van der Waals surface area (Å²) in [4.78, 5) is 4.63. The highest BCUT2D eigenvalue weighted by Crippen LogP contribution is 2.32. The molecule has 2 N–H and O–H groups in total. The minimum absolute atomic E-state index is 0.590. The molecule has 2 unspecified atom stereocenters. The lowest BCUT2D eigenvalue weighted by molar-refractivity contribution is 0.210. The second kappa shape index (κ2) is 5.80. The number of aryl methyl sites for hydroxylation is 1. The normalized spacial score (nSPS) is 22.3. The molecule has 0 amide bonds. The number of nitrogens with two attached hydrogens (primary N) is 1. The first-order chi connectivity index (χ1) is 9.78. The second-order valence-electron chi connectivity index (χ2n) is 5.80. The highest BCUT2D eigenvalue weighted by Gasteiger charge is 2.26. The molecule has 0 bridgehead atoms. The molecule has 0 saturated heterocycles. The fourth-order valence-corrected chi connectivity index (χ4v) is 3.18. The summed E-state index contributed by atoms with van der Waals surface area (Å²) in [6, 6.07) is 10.3. The van der Waals surface area contributed by atoms with Crippen molar-refractivity contribution in [3.63, 3.8) is 0 Å². The third-order valence-corrected chi connectivity index (χ3v) is 4.42. The summed E-state index contributed by atoms with van der Waals surface area (Å²) in [6.45, 7) is 3.58. The summed E-state index contributed by atoms with van der Waals surface area (Å²) in [6.07, 6.45) is 3.75. The van der Waals surface area contributed by atoms with E-state index in [0.717, 1.165) is 35.5 Å². The van der Waals surface area contributed by atoms with Crippen LogP contribution in [0.5, 0.6) is 5.88 Å². The topological polar surface area (TPSA) is 48.1 Å². The predicted molar refractivity (Wildman–Crippen MR) is 81.9 cm³/mol. The van der Waals surface area contributed by atoms with Gasteiger partial charge in [-0.15, -0.1) is 0 Å². The van der Waals surface area contributed by atoms with Crippen molar-refractivity contribution in [1.82, 2.24) is 4.98 Å². The monoisotopic (exact) mass is 270 g/mol. The van der Waals surface area contributed by atoms with Crippen LogP contribution in [0.4, 0.5) is 0 Å². The first-order valence-corrected chi connectivity index (χ1v) is 7.47. The van der Waals surface area contributed by atoms with Crippen molar-refractivity contribution in [3.8, 4) is 5.88 Å². The van der Waals surface area contributed by atoms with E-state index in [2.05, 4.69) is 24.0 Å². The molecule has 106 valence electrons. The third-order valence-electron chi connectivity index (χ3n) is 4.42. The molecule has 20 heavy (non-hydrogen) atoms. The Bertz CT molecular complexity index is 597. The number of fused-ring (bicyclic) bond motifs is 1. The molecule has 1 aromatic heterocycles. The smallest absolute Gasteiger partial charge is 0.216 e. The third kappa shape index (κ3) is 2.63. The van der Waals surface area contributed by atoms with Gasteiger partial charge in [0.15, 0.2) is 0 Å². The molecule has 1 heterocycles. The van der Waals surface area contributed by atoms with Crippen LogP contribution in [-0.4, -0.2) is 18.1 Å². The van der Waals surface area contributed by atoms with E-state index in [1.807, 2.05) is 18.2 Å². The van der Waals surface area contributed by atoms with Crippen molar-refractivity contribution >= 4 is 10.9 Å². The number of benzene rings is 1. The molecule has 1 fully saturated rings. The molecule has 3 nitrogen and oxygen atoms in total. The van der Waals surface area contributed by atoms with E-state index < -0.39 is 0 Å². The van der Waals surface area contributed by atoms with E-state index in [0.29, 0.717) is 11.8 Å². The van der Waals surface area contributed by atoms with Crippen LogP contribution in [0.1, 0.15) is 24.8 Å². The van der Waals surface area contributed by atoms with Gasteiger partial charge in [-0.25, -0.2) is 4.98 Å². The zero-order valence-corrected chi connectivity index (χ0v) is 12.0. The van der Waals surface area contributed by atoms with Crippen molar-refractivity contribution in [2.75, 3.05) is 13.2 Å². The SMILES string of the molecule is Cc1cc2ccccc2nc1OCC1CCCC1CN. The quantitative estimate of drug-likeness (QED) is 0.927. The second-order valence-corrected chi connectivity index (χ2v) is 5.80. The summed E-state index contributed by atoms with van der Waals surface area (Å²) in [5.74, 6) is 1.98. The molecule has 0 aliphatic heterocycles. The van der Waals surface area contributed by atoms with Crippen LogP contribution >= 0.6 is 0 Å². The van der Waals surface area contributed by atoms with Crippen LogP contribution in [0.25, 0.3) is 10.9 Å². The molecule has 1 aliphatic carbocycles. The predicted octanol–water partition coefficient (Wildman–Crippen LogP) is 3.30. The number of hydrogen-bond acceptors (Lipinski definition) is 3. The summed E-state index contributed by atoms with van der Waals surface area (Å²) in [5, 5.41) is 1.16. The molecule has 0 radical (unpaired) electrons. The number of rotatable bonds is 4. The number of aromatic nitrogens is 1. The average Bonchev–Trinajstić information content (AvgIpc) is 2.92. The largest absolute Gasteiger partial charge is 0.477 e. The van der Waals surface area contributed by atoms with Gasteiger partial charge in [-0.1, -0.05) is 24.6 Å². The Hall–Kier alpha value is -1.61. The van der Waals surface area contributed by atoms with Crippen LogP contribution in [0.3, 0.4) is 0 Å². The fraction of sp³-hybridized carbons (Fsp3) is 0.471. The van der Waals surface area contributed by atoms with E-state index in [9.17, 15) is 0 Å². The first-order valence-electron chi connectivity index (χ1n) is 7.47. The maximum Gasteiger partial charge on any atom is 0.216 e. The van der Waals surface area contributed by atoms with Crippen LogP contribution in [0.15, 0.2) is 30.3 Å².